The molecular formula is C22H20N2O2. The van der Waals surface area contributed by atoms with Gasteiger partial charge in [0.15, 0.2) is 0 Å². The first kappa shape index (κ1) is 17.4. The van der Waals surface area contributed by atoms with Crippen LogP contribution in [0.1, 0.15) is 24.0 Å². The molecule has 3 rings (SSSR count). The van der Waals surface area contributed by atoms with Gasteiger partial charge in [-0.15, -0.1) is 0 Å². The van der Waals surface area contributed by atoms with Crippen molar-refractivity contribution in [2.45, 2.75) is 12.8 Å². The first-order valence-corrected chi connectivity index (χ1v) is 8.42. The monoisotopic (exact) mass is 344 g/mol. The van der Waals surface area contributed by atoms with Gasteiger partial charge in [-0.3, -0.25) is 9.59 Å². The molecule has 130 valence electrons. The lowest BCUT2D eigenvalue weighted by Gasteiger charge is -2.19. The van der Waals surface area contributed by atoms with E-state index in [9.17, 15) is 9.59 Å². The summed E-state index contributed by atoms with van der Waals surface area (Å²) in [7, 11) is 0. The molecule has 0 unspecified atom stereocenters. The Hall–Kier alpha value is -3.40. The van der Waals surface area contributed by atoms with Crippen LogP contribution in [0.3, 0.4) is 0 Å². The van der Waals surface area contributed by atoms with Crippen molar-refractivity contribution < 1.29 is 9.59 Å². The van der Waals surface area contributed by atoms with Crippen LogP contribution >= 0.6 is 0 Å². The molecule has 0 heterocycles. The highest BCUT2D eigenvalue weighted by Gasteiger charge is 2.23. The molecule has 0 aliphatic carbocycles. The largest absolute Gasteiger partial charge is 0.325 e. The molecule has 4 heteroatoms. The molecule has 2 amide bonds. The third-order valence-corrected chi connectivity index (χ3v) is 4.02. The van der Waals surface area contributed by atoms with Crippen LogP contribution in [0.25, 0.3) is 0 Å². The summed E-state index contributed by atoms with van der Waals surface area (Å²) < 4.78 is 0. The number of hydrogen-bond donors (Lipinski definition) is 2. The second-order valence-electron chi connectivity index (χ2n) is 5.97. The van der Waals surface area contributed by atoms with E-state index in [1.165, 1.54) is 6.92 Å². The lowest BCUT2D eigenvalue weighted by Crippen LogP contribution is -2.23. The maximum Gasteiger partial charge on any atom is 0.236 e. The topological polar surface area (TPSA) is 58.2 Å². The van der Waals surface area contributed by atoms with Crippen LogP contribution in [-0.2, 0) is 9.59 Å². The van der Waals surface area contributed by atoms with Crippen LogP contribution in [0.4, 0.5) is 11.4 Å². The second kappa shape index (κ2) is 8.12. The summed E-state index contributed by atoms with van der Waals surface area (Å²) in [5.41, 5.74) is 2.97. The van der Waals surface area contributed by atoms with Gasteiger partial charge in [0.1, 0.15) is 0 Å². The Morgan fingerprint density at radius 3 is 1.54 bits per heavy atom. The average molecular weight is 344 g/mol. The normalized spacial score (nSPS) is 10.4. The molecule has 0 saturated carbocycles. The van der Waals surface area contributed by atoms with Crippen molar-refractivity contribution in [1.82, 2.24) is 0 Å². The van der Waals surface area contributed by atoms with Crippen LogP contribution in [-0.4, -0.2) is 11.8 Å². The van der Waals surface area contributed by atoms with Crippen molar-refractivity contribution in [3.8, 4) is 0 Å². The summed E-state index contributed by atoms with van der Waals surface area (Å²) in [5, 5.41) is 5.70. The van der Waals surface area contributed by atoms with E-state index in [0.717, 1.165) is 11.1 Å². The maximum atomic E-state index is 13.1. The lowest BCUT2D eigenvalue weighted by molar-refractivity contribution is -0.117. The van der Waals surface area contributed by atoms with Crippen LogP contribution in [0.5, 0.6) is 0 Å². The predicted octanol–water partition coefficient (Wildman–Crippen LogP) is 4.42. The highest BCUT2D eigenvalue weighted by Crippen LogP contribution is 2.28. The summed E-state index contributed by atoms with van der Waals surface area (Å²) in [4.78, 5) is 24.5. The van der Waals surface area contributed by atoms with Gasteiger partial charge in [-0.05, 0) is 23.3 Å². The Morgan fingerprint density at radius 1 is 0.654 bits per heavy atom. The minimum Gasteiger partial charge on any atom is -0.325 e. The molecule has 0 aromatic heterocycles. The molecule has 4 nitrogen and oxygen atoms in total. The third kappa shape index (κ3) is 4.16. The van der Waals surface area contributed by atoms with Gasteiger partial charge >= 0.3 is 0 Å². The highest BCUT2D eigenvalue weighted by atomic mass is 16.2. The molecule has 3 aromatic rings. The van der Waals surface area contributed by atoms with Gasteiger partial charge < -0.3 is 10.6 Å². The van der Waals surface area contributed by atoms with E-state index in [1.54, 1.807) is 12.1 Å². The summed E-state index contributed by atoms with van der Waals surface area (Å²) in [6.07, 6.45) is 0. The Labute approximate surface area is 152 Å². The van der Waals surface area contributed by atoms with E-state index in [2.05, 4.69) is 10.6 Å². The quantitative estimate of drug-likeness (QED) is 0.720. The van der Waals surface area contributed by atoms with E-state index >= 15 is 0 Å². The van der Waals surface area contributed by atoms with E-state index in [-0.39, 0.29) is 11.8 Å². The molecule has 3 aromatic carbocycles. The number of para-hydroxylation sites is 2. The van der Waals surface area contributed by atoms with Crippen molar-refractivity contribution in [2.24, 2.45) is 0 Å². The minimum absolute atomic E-state index is 0.153. The number of amides is 2. The number of anilines is 2. The van der Waals surface area contributed by atoms with Gasteiger partial charge in [-0.2, -0.15) is 0 Å². The van der Waals surface area contributed by atoms with Gasteiger partial charge in [0.2, 0.25) is 11.8 Å². The second-order valence-corrected chi connectivity index (χ2v) is 5.97. The van der Waals surface area contributed by atoms with Crippen molar-refractivity contribution in [3.05, 3.63) is 96.1 Å². The van der Waals surface area contributed by atoms with E-state index in [0.29, 0.717) is 11.4 Å². The number of rotatable bonds is 5. The number of benzene rings is 3. The van der Waals surface area contributed by atoms with Gasteiger partial charge in [0.05, 0.1) is 17.3 Å². The van der Waals surface area contributed by atoms with Crippen molar-refractivity contribution in [2.75, 3.05) is 10.6 Å². The van der Waals surface area contributed by atoms with Crippen molar-refractivity contribution >= 4 is 23.2 Å². The number of carbonyl (C=O) groups is 2. The Morgan fingerprint density at radius 2 is 1.08 bits per heavy atom. The minimum atomic E-state index is -0.442. The smallest absolute Gasteiger partial charge is 0.236 e. The summed E-state index contributed by atoms with van der Waals surface area (Å²) in [5.74, 6) is -0.780. The number of carbonyl (C=O) groups excluding carboxylic acids is 2. The zero-order chi connectivity index (χ0) is 18.4. The average Bonchev–Trinajstić information content (AvgIpc) is 2.65. The molecule has 0 atom stereocenters. The Balaban J connectivity index is 1.94. The molecular weight excluding hydrogens is 324 g/mol. The van der Waals surface area contributed by atoms with Gasteiger partial charge in [-0.25, -0.2) is 0 Å². The fraction of sp³-hybridized carbons (Fsp3) is 0.0909. The maximum absolute atomic E-state index is 13.1. The van der Waals surface area contributed by atoms with Crippen LogP contribution in [0, 0.1) is 0 Å². The summed E-state index contributed by atoms with van der Waals surface area (Å²) >= 11 is 0. The van der Waals surface area contributed by atoms with Crippen molar-refractivity contribution in [1.29, 1.82) is 0 Å². The number of nitrogens with one attached hydrogen (secondary N) is 2. The standard InChI is InChI=1S/C22H20N2O2/c1-16(25)23-19-14-8-9-15-20(19)24-22(26)21(17-10-4-2-5-11-17)18-12-6-3-7-13-18/h2-15,21H,1H3,(H,23,25)(H,24,26). The number of hydrogen-bond acceptors (Lipinski definition) is 2. The molecule has 0 aliphatic heterocycles. The molecule has 0 saturated heterocycles. The van der Waals surface area contributed by atoms with Gasteiger partial charge in [0.25, 0.3) is 0 Å². The molecule has 0 bridgehead atoms. The molecule has 2 N–H and O–H groups in total. The summed E-state index contributed by atoms with van der Waals surface area (Å²) in [6, 6.07) is 26.5. The fourth-order valence-electron chi connectivity index (χ4n) is 2.88. The molecule has 0 aliphatic rings. The first-order chi connectivity index (χ1) is 12.6. The van der Waals surface area contributed by atoms with Gasteiger partial charge in [-0.1, -0.05) is 72.8 Å². The Bertz CT molecular complexity index is 853. The lowest BCUT2D eigenvalue weighted by atomic mass is 9.90. The van der Waals surface area contributed by atoms with E-state index in [1.807, 2.05) is 72.8 Å². The molecule has 26 heavy (non-hydrogen) atoms. The molecule has 0 radical (unpaired) electrons. The van der Waals surface area contributed by atoms with Gasteiger partial charge in [0, 0.05) is 6.92 Å². The zero-order valence-corrected chi connectivity index (χ0v) is 14.5. The van der Waals surface area contributed by atoms with Crippen molar-refractivity contribution in [3.63, 3.8) is 0 Å². The predicted molar refractivity (Wildman–Crippen MR) is 104 cm³/mol. The van der Waals surface area contributed by atoms with Crippen LogP contribution in [0.2, 0.25) is 0 Å². The highest BCUT2D eigenvalue weighted by molar-refractivity contribution is 6.02. The fourth-order valence-corrected chi connectivity index (χ4v) is 2.88. The SMILES string of the molecule is CC(=O)Nc1ccccc1NC(=O)C(c1ccccc1)c1ccccc1. The van der Waals surface area contributed by atoms with E-state index < -0.39 is 5.92 Å². The Kier molecular flexibility index (Phi) is 5.44. The summed E-state index contributed by atoms with van der Waals surface area (Å²) in [6.45, 7) is 1.44. The third-order valence-electron chi connectivity index (χ3n) is 4.02. The van der Waals surface area contributed by atoms with E-state index in [4.69, 9.17) is 0 Å². The van der Waals surface area contributed by atoms with Crippen LogP contribution < -0.4 is 10.6 Å². The first-order valence-electron chi connectivity index (χ1n) is 8.42. The zero-order valence-electron chi connectivity index (χ0n) is 14.5. The molecule has 0 fully saturated rings. The van der Waals surface area contributed by atoms with Crippen LogP contribution in [0.15, 0.2) is 84.9 Å². The molecule has 0 spiro atoms.